The third kappa shape index (κ3) is 4.54. The highest BCUT2D eigenvalue weighted by Crippen LogP contribution is 2.50. The topological polar surface area (TPSA) is 101 Å². The smallest absolute Gasteiger partial charge is 0.391 e. The van der Waals surface area contributed by atoms with Gasteiger partial charge in [0.1, 0.15) is 17.4 Å². The number of halogens is 3. The van der Waals surface area contributed by atoms with Crippen molar-refractivity contribution in [1.82, 2.24) is 25.1 Å². The van der Waals surface area contributed by atoms with Gasteiger partial charge in [-0.2, -0.15) is 18.3 Å². The molecular weight excluding hydrogens is 499 g/mol. The van der Waals surface area contributed by atoms with Gasteiger partial charge in [-0.25, -0.2) is 4.98 Å². The van der Waals surface area contributed by atoms with Crippen molar-refractivity contribution in [3.05, 3.63) is 53.5 Å². The largest absolute Gasteiger partial charge is 0.474 e. The zero-order valence-corrected chi connectivity index (χ0v) is 20.5. The SMILES string of the molecule is O=C(CC1=Cc2ncccc2C2(CC(Oc3ccc4[nH]ncc4n3)C2)C(=O)C1)N1CCC[C@@H]1CC(F)(F)F. The molecule has 3 aromatic heterocycles. The summed E-state index contributed by atoms with van der Waals surface area (Å²) in [5.74, 6) is 0.0455. The maximum atomic E-state index is 13.7. The zero-order valence-electron chi connectivity index (χ0n) is 20.5. The van der Waals surface area contributed by atoms with E-state index in [1.807, 2.05) is 12.1 Å². The number of likely N-dealkylation sites (tertiary alicyclic amines) is 1. The van der Waals surface area contributed by atoms with Crippen molar-refractivity contribution < 1.29 is 27.5 Å². The Balaban J connectivity index is 1.18. The summed E-state index contributed by atoms with van der Waals surface area (Å²) in [4.78, 5) is 37.0. The first-order valence-electron chi connectivity index (χ1n) is 12.7. The number of hydrogen-bond acceptors (Lipinski definition) is 6. The summed E-state index contributed by atoms with van der Waals surface area (Å²) >= 11 is 0. The van der Waals surface area contributed by atoms with Crippen molar-refractivity contribution in [2.24, 2.45) is 0 Å². The maximum absolute atomic E-state index is 13.7. The number of amides is 1. The second kappa shape index (κ2) is 9.21. The number of H-pyrrole nitrogens is 1. The number of aromatic amines is 1. The highest BCUT2D eigenvalue weighted by atomic mass is 19.4. The molecule has 1 aliphatic heterocycles. The van der Waals surface area contributed by atoms with E-state index in [2.05, 4.69) is 20.2 Å². The molecule has 0 aromatic carbocycles. The minimum atomic E-state index is -4.33. The molecule has 198 valence electrons. The summed E-state index contributed by atoms with van der Waals surface area (Å²) in [6.45, 7) is 0.303. The number of carbonyl (C=O) groups is 2. The van der Waals surface area contributed by atoms with Gasteiger partial charge in [-0.3, -0.25) is 19.7 Å². The molecule has 1 atom stereocenters. The van der Waals surface area contributed by atoms with E-state index in [4.69, 9.17) is 4.74 Å². The molecule has 0 radical (unpaired) electrons. The number of alkyl halides is 3. The van der Waals surface area contributed by atoms with Crippen LogP contribution < -0.4 is 4.74 Å². The number of hydrogen-bond donors (Lipinski definition) is 1. The van der Waals surface area contributed by atoms with Crippen molar-refractivity contribution in [1.29, 1.82) is 0 Å². The Hall–Kier alpha value is -3.76. The zero-order chi connectivity index (χ0) is 26.5. The van der Waals surface area contributed by atoms with Crippen molar-refractivity contribution in [2.45, 2.75) is 68.7 Å². The van der Waals surface area contributed by atoms with Crippen LogP contribution in [-0.4, -0.2) is 61.6 Å². The fourth-order valence-electron chi connectivity index (χ4n) is 6.06. The van der Waals surface area contributed by atoms with E-state index in [1.54, 1.807) is 30.6 Å². The van der Waals surface area contributed by atoms with Crippen molar-refractivity contribution in [3.8, 4) is 5.88 Å². The quantitative estimate of drug-likeness (QED) is 0.526. The van der Waals surface area contributed by atoms with E-state index in [0.717, 1.165) is 11.1 Å². The molecule has 11 heteroatoms. The average molecular weight is 526 g/mol. The molecule has 2 fully saturated rings. The molecule has 6 rings (SSSR count). The molecule has 3 aliphatic rings. The molecule has 1 amide bonds. The minimum absolute atomic E-state index is 0.0327. The van der Waals surface area contributed by atoms with Gasteiger partial charge in [-0.05, 0) is 36.6 Å². The van der Waals surface area contributed by atoms with Gasteiger partial charge >= 0.3 is 6.18 Å². The van der Waals surface area contributed by atoms with E-state index in [1.165, 1.54) is 4.90 Å². The third-order valence-electron chi connectivity index (χ3n) is 7.87. The fraction of sp³-hybridized carbons (Fsp3) is 0.444. The lowest BCUT2D eigenvalue weighted by Crippen LogP contribution is -2.53. The number of rotatable bonds is 5. The van der Waals surface area contributed by atoms with E-state index in [9.17, 15) is 22.8 Å². The summed E-state index contributed by atoms with van der Waals surface area (Å²) in [7, 11) is 0. The molecule has 3 aromatic rings. The van der Waals surface area contributed by atoms with Crippen LogP contribution in [0.5, 0.6) is 5.88 Å². The molecule has 0 bridgehead atoms. The second-order valence-electron chi connectivity index (χ2n) is 10.4. The second-order valence-corrected chi connectivity index (χ2v) is 10.4. The molecule has 38 heavy (non-hydrogen) atoms. The van der Waals surface area contributed by atoms with E-state index >= 15 is 0 Å². The molecule has 1 saturated carbocycles. The van der Waals surface area contributed by atoms with Crippen molar-refractivity contribution >= 4 is 28.8 Å². The van der Waals surface area contributed by atoms with Gasteiger partial charge in [-0.1, -0.05) is 11.6 Å². The molecule has 8 nitrogen and oxygen atoms in total. The van der Waals surface area contributed by atoms with E-state index in [0.29, 0.717) is 54.9 Å². The van der Waals surface area contributed by atoms with Crippen LogP contribution >= 0.6 is 0 Å². The summed E-state index contributed by atoms with van der Waals surface area (Å²) in [5, 5.41) is 6.81. The number of aromatic nitrogens is 4. The number of nitrogens with zero attached hydrogens (tertiary/aromatic N) is 4. The lowest BCUT2D eigenvalue weighted by Gasteiger charge is -2.46. The molecule has 1 saturated heterocycles. The molecule has 1 spiro atoms. The predicted molar refractivity (Wildman–Crippen MR) is 131 cm³/mol. The average Bonchev–Trinajstić information content (AvgIpc) is 3.47. The molecule has 1 N–H and O–H groups in total. The molecule has 2 aliphatic carbocycles. The summed E-state index contributed by atoms with van der Waals surface area (Å²) in [5.41, 5.74) is 2.68. The van der Waals surface area contributed by atoms with Crippen LogP contribution in [0.4, 0.5) is 13.2 Å². The maximum Gasteiger partial charge on any atom is 0.391 e. The van der Waals surface area contributed by atoms with Crippen LogP contribution in [0.2, 0.25) is 0 Å². The Morgan fingerprint density at radius 2 is 2.08 bits per heavy atom. The van der Waals surface area contributed by atoms with Gasteiger partial charge < -0.3 is 9.64 Å². The Morgan fingerprint density at radius 3 is 2.89 bits per heavy atom. The van der Waals surface area contributed by atoms with Crippen LogP contribution in [-0.2, 0) is 15.0 Å². The van der Waals surface area contributed by atoms with Gasteiger partial charge in [0, 0.05) is 50.5 Å². The number of pyridine rings is 2. The number of ether oxygens (including phenoxy) is 1. The number of nitrogens with one attached hydrogen (secondary N) is 1. The van der Waals surface area contributed by atoms with E-state index < -0.39 is 24.1 Å². The summed E-state index contributed by atoms with van der Waals surface area (Å²) in [6, 6.07) is 6.41. The van der Waals surface area contributed by atoms with Gasteiger partial charge in [0.15, 0.2) is 0 Å². The first-order chi connectivity index (χ1) is 18.2. The van der Waals surface area contributed by atoms with Gasteiger partial charge in [0.25, 0.3) is 0 Å². The lowest BCUT2D eigenvalue weighted by molar-refractivity contribution is -0.151. The highest BCUT2D eigenvalue weighted by Gasteiger charge is 2.54. The van der Waals surface area contributed by atoms with E-state index in [-0.39, 0.29) is 30.6 Å². The Labute approximate surface area is 216 Å². The first kappa shape index (κ1) is 24.6. The van der Waals surface area contributed by atoms with Crippen LogP contribution in [0, 0.1) is 0 Å². The third-order valence-corrected chi connectivity index (χ3v) is 7.87. The van der Waals surface area contributed by atoms with Crippen LogP contribution in [0.15, 0.2) is 42.2 Å². The number of fused-ring (bicyclic) bond motifs is 3. The standard InChI is InChI=1S/C27H26F3N5O3/c28-27(29,30)12-17-3-2-8-35(17)25(37)11-16-9-21-19(4-1-7-31-21)26(23(36)10-16)13-18(14-26)38-24-6-5-20-22(33-24)15-32-34-20/h1,4-7,9,15,17-18H,2-3,8,10-14H2,(H,32,34)/t17-,18?,26?/m1/s1. The monoisotopic (exact) mass is 525 g/mol. The number of ketones is 1. The minimum Gasteiger partial charge on any atom is -0.474 e. The van der Waals surface area contributed by atoms with Crippen LogP contribution in [0.25, 0.3) is 17.1 Å². The Morgan fingerprint density at radius 1 is 1.24 bits per heavy atom. The Kier molecular flexibility index (Phi) is 5.96. The summed E-state index contributed by atoms with van der Waals surface area (Å²) in [6.07, 6.45) is 1.18. The molecule has 4 heterocycles. The fourth-order valence-corrected chi connectivity index (χ4v) is 6.06. The lowest BCUT2D eigenvalue weighted by atomic mass is 9.59. The predicted octanol–water partition coefficient (Wildman–Crippen LogP) is 4.52. The normalized spacial score (nSPS) is 25.2. The highest BCUT2D eigenvalue weighted by molar-refractivity contribution is 5.97. The first-order valence-corrected chi connectivity index (χ1v) is 12.7. The van der Waals surface area contributed by atoms with Crippen molar-refractivity contribution in [3.63, 3.8) is 0 Å². The number of carbonyl (C=O) groups excluding carboxylic acids is 2. The van der Waals surface area contributed by atoms with Crippen LogP contribution in [0.1, 0.15) is 56.2 Å². The van der Waals surface area contributed by atoms with Gasteiger partial charge in [0.2, 0.25) is 11.8 Å². The Bertz CT molecular complexity index is 1430. The van der Waals surface area contributed by atoms with Gasteiger partial charge in [0.05, 0.1) is 29.2 Å². The number of Topliss-reactive ketones (excluding diaryl/α,β-unsaturated/α-hetero) is 1. The van der Waals surface area contributed by atoms with Gasteiger partial charge in [-0.15, -0.1) is 0 Å². The molecular formula is C27H26F3N5O3. The summed E-state index contributed by atoms with van der Waals surface area (Å²) < 4.78 is 45.1. The molecule has 0 unspecified atom stereocenters. The van der Waals surface area contributed by atoms with Crippen molar-refractivity contribution in [2.75, 3.05) is 6.54 Å². The van der Waals surface area contributed by atoms with Crippen LogP contribution in [0.3, 0.4) is 0 Å².